The normalized spacial score (nSPS) is 18.1. The number of rotatable bonds is 7. The van der Waals surface area contributed by atoms with Gasteiger partial charge in [0.1, 0.15) is 10.6 Å². The Hall–Kier alpha value is -3.39. The molecular formula is C27H28FNO5S. The second kappa shape index (κ2) is 10.1. The maximum atomic E-state index is 15.5. The Morgan fingerprint density at radius 1 is 1.03 bits per heavy atom. The number of sulfonamides is 1. The fourth-order valence-corrected chi connectivity index (χ4v) is 5.75. The first-order valence-electron chi connectivity index (χ1n) is 11.5. The quantitative estimate of drug-likeness (QED) is 0.400. The van der Waals surface area contributed by atoms with Gasteiger partial charge in [-0.05, 0) is 60.1 Å². The van der Waals surface area contributed by atoms with E-state index >= 15 is 4.39 Å². The van der Waals surface area contributed by atoms with Crippen LogP contribution in [0, 0.1) is 11.7 Å². The summed E-state index contributed by atoms with van der Waals surface area (Å²) in [6, 6.07) is 15.6. The van der Waals surface area contributed by atoms with Crippen LogP contribution in [-0.2, 0) is 10.0 Å². The van der Waals surface area contributed by atoms with Gasteiger partial charge in [0, 0.05) is 5.56 Å². The Bertz CT molecular complexity index is 1330. The van der Waals surface area contributed by atoms with E-state index in [9.17, 15) is 13.2 Å². The Morgan fingerprint density at radius 3 is 2.34 bits per heavy atom. The smallest absolute Gasteiger partial charge is 0.335 e. The monoisotopic (exact) mass is 497 g/mol. The third kappa shape index (κ3) is 5.32. The van der Waals surface area contributed by atoms with Gasteiger partial charge in [0.15, 0.2) is 5.82 Å². The summed E-state index contributed by atoms with van der Waals surface area (Å²) in [5, 5.41) is 9.14. The summed E-state index contributed by atoms with van der Waals surface area (Å²) in [6.07, 6.45) is 4.70. The van der Waals surface area contributed by atoms with Gasteiger partial charge in [-0.25, -0.2) is 17.6 Å². The maximum Gasteiger partial charge on any atom is 0.335 e. The van der Waals surface area contributed by atoms with E-state index in [0.29, 0.717) is 11.5 Å². The molecule has 4 rings (SSSR count). The van der Waals surface area contributed by atoms with Gasteiger partial charge in [-0.15, -0.1) is 0 Å². The second-order valence-electron chi connectivity index (χ2n) is 9.02. The van der Waals surface area contributed by atoms with Crippen molar-refractivity contribution >= 4 is 21.7 Å². The number of methoxy groups -OCH3 is 1. The van der Waals surface area contributed by atoms with Crippen LogP contribution >= 0.6 is 0 Å². The minimum atomic E-state index is -4.32. The maximum absolute atomic E-state index is 15.5. The van der Waals surface area contributed by atoms with Crippen LogP contribution in [0.25, 0.3) is 11.1 Å². The second-order valence-corrected chi connectivity index (χ2v) is 10.7. The predicted molar refractivity (Wildman–Crippen MR) is 133 cm³/mol. The number of carboxylic acids is 1. The minimum absolute atomic E-state index is 0.00783. The number of aromatic carboxylic acids is 1. The lowest BCUT2D eigenvalue weighted by Crippen LogP contribution is -2.16. The molecule has 1 fully saturated rings. The summed E-state index contributed by atoms with van der Waals surface area (Å²) < 4.78 is 49.0. The number of carboxylic acid groups (broad SMARTS) is 1. The van der Waals surface area contributed by atoms with Crippen molar-refractivity contribution in [1.29, 1.82) is 0 Å². The Labute approximate surface area is 204 Å². The molecule has 0 spiro atoms. The molecular weight excluding hydrogens is 469 g/mol. The molecule has 0 saturated heterocycles. The van der Waals surface area contributed by atoms with Gasteiger partial charge in [0.25, 0.3) is 10.0 Å². The summed E-state index contributed by atoms with van der Waals surface area (Å²) in [5.41, 5.74) is 1.95. The molecule has 3 aromatic rings. The number of hydrogen-bond acceptors (Lipinski definition) is 4. The van der Waals surface area contributed by atoms with Crippen molar-refractivity contribution in [1.82, 2.24) is 0 Å². The molecule has 0 aliphatic heterocycles. The van der Waals surface area contributed by atoms with Crippen molar-refractivity contribution in [3.8, 4) is 16.9 Å². The van der Waals surface area contributed by atoms with Crippen molar-refractivity contribution in [2.24, 2.45) is 5.92 Å². The average Bonchev–Trinajstić information content (AvgIpc) is 2.84. The molecule has 184 valence electrons. The van der Waals surface area contributed by atoms with Crippen LogP contribution in [-0.4, -0.2) is 26.6 Å². The SMILES string of the molecule is COc1cc(C(=O)O)ccc1NS(=O)(=O)c1cccc(-c2ccc(C3CCC(C)CC3)cc2)c1F. The number of anilines is 1. The summed E-state index contributed by atoms with van der Waals surface area (Å²) in [4.78, 5) is 10.7. The van der Waals surface area contributed by atoms with E-state index < -0.39 is 26.7 Å². The summed E-state index contributed by atoms with van der Waals surface area (Å²) in [5.74, 6) is -0.768. The van der Waals surface area contributed by atoms with Crippen LogP contribution in [0.15, 0.2) is 65.6 Å². The molecule has 1 saturated carbocycles. The third-order valence-corrected chi connectivity index (χ3v) is 8.04. The zero-order valence-corrected chi connectivity index (χ0v) is 20.4. The van der Waals surface area contributed by atoms with Crippen LogP contribution in [0.2, 0.25) is 0 Å². The molecule has 0 radical (unpaired) electrons. The highest BCUT2D eigenvalue weighted by molar-refractivity contribution is 7.92. The number of halogens is 1. The van der Waals surface area contributed by atoms with Crippen LogP contribution in [0.3, 0.4) is 0 Å². The van der Waals surface area contributed by atoms with E-state index in [1.807, 2.05) is 24.3 Å². The van der Waals surface area contributed by atoms with Crippen molar-refractivity contribution in [3.63, 3.8) is 0 Å². The highest BCUT2D eigenvalue weighted by Crippen LogP contribution is 2.37. The topological polar surface area (TPSA) is 92.7 Å². The average molecular weight is 498 g/mol. The van der Waals surface area contributed by atoms with Crippen molar-refractivity contribution < 1.29 is 27.4 Å². The molecule has 1 aliphatic rings. The highest BCUT2D eigenvalue weighted by atomic mass is 32.2. The predicted octanol–water partition coefficient (Wildman–Crippen LogP) is 6.29. The Kier molecular flexibility index (Phi) is 7.12. The first-order chi connectivity index (χ1) is 16.7. The minimum Gasteiger partial charge on any atom is -0.495 e. The number of nitrogens with one attached hydrogen (secondary N) is 1. The lowest BCUT2D eigenvalue weighted by molar-refractivity contribution is 0.0696. The largest absolute Gasteiger partial charge is 0.495 e. The number of ether oxygens (including phenoxy) is 1. The first-order valence-corrected chi connectivity index (χ1v) is 13.0. The number of benzene rings is 3. The lowest BCUT2D eigenvalue weighted by atomic mass is 9.79. The third-order valence-electron chi connectivity index (χ3n) is 6.65. The summed E-state index contributed by atoms with van der Waals surface area (Å²) >= 11 is 0. The number of hydrogen-bond donors (Lipinski definition) is 2. The molecule has 2 N–H and O–H groups in total. The van der Waals surface area contributed by atoms with Gasteiger partial charge in [0.2, 0.25) is 0 Å². The zero-order chi connectivity index (χ0) is 25.2. The van der Waals surface area contributed by atoms with Crippen LogP contribution in [0.5, 0.6) is 5.75 Å². The lowest BCUT2D eigenvalue weighted by Gasteiger charge is -2.26. The van der Waals surface area contributed by atoms with Gasteiger partial charge in [-0.3, -0.25) is 4.72 Å². The molecule has 0 amide bonds. The van der Waals surface area contributed by atoms with Crippen molar-refractivity contribution in [2.45, 2.75) is 43.4 Å². The van der Waals surface area contributed by atoms with Gasteiger partial charge >= 0.3 is 5.97 Å². The molecule has 0 unspecified atom stereocenters. The van der Waals surface area contributed by atoms with Crippen molar-refractivity contribution in [2.75, 3.05) is 11.8 Å². The van der Waals surface area contributed by atoms with E-state index in [4.69, 9.17) is 9.84 Å². The van der Waals surface area contributed by atoms with E-state index in [1.165, 1.54) is 55.8 Å². The molecule has 1 aliphatic carbocycles. The van der Waals surface area contributed by atoms with Gasteiger partial charge < -0.3 is 9.84 Å². The molecule has 3 aromatic carbocycles. The van der Waals surface area contributed by atoms with E-state index in [-0.39, 0.29) is 22.6 Å². The van der Waals surface area contributed by atoms with Crippen molar-refractivity contribution in [3.05, 3.63) is 77.6 Å². The van der Waals surface area contributed by atoms with Gasteiger partial charge in [-0.1, -0.05) is 56.2 Å². The first kappa shape index (κ1) is 24.7. The molecule has 0 bridgehead atoms. The van der Waals surface area contributed by atoms with Gasteiger partial charge in [-0.2, -0.15) is 0 Å². The van der Waals surface area contributed by atoms with Crippen LogP contribution in [0.1, 0.15) is 54.4 Å². The fraction of sp³-hybridized carbons (Fsp3) is 0.296. The molecule has 6 nitrogen and oxygen atoms in total. The van der Waals surface area contributed by atoms with E-state index in [1.54, 1.807) is 6.07 Å². The molecule has 35 heavy (non-hydrogen) atoms. The van der Waals surface area contributed by atoms with E-state index in [0.717, 1.165) is 18.8 Å². The number of carbonyl (C=O) groups is 1. The Morgan fingerprint density at radius 2 is 1.71 bits per heavy atom. The fourth-order valence-electron chi connectivity index (χ4n) is 4.58. The van der Waals surface area contributed by atoms with E-state index in [2.05, 4.69) is 11.6 Å². The van der Waals surface area contributed by atoms with Crippen LogP contribution in [0.4, 0.5) is 10.1 Å². The summed E-state index contributed by atoms with van der Waals surface area (Å²) in [7, 11) is -3.03. The zero-order valence-electron chi connectivity index (χ0n) is 19.6. The molecule has 8 heteroatoms. The molecule has 0 heterocycles. The standard InChI is InChI=1S/C27H28FNO5S/c1-17-6-8-18(9-7-17)19-10-12-20(13-11-19)22-4-3-5-25(26(22)28)35(32,33)29-23-15-14-21(27(30)31)16-24(23)34-2/h3-5,10-18,29H,6-9H2,1-2H3,(H,30,31). The highest BCUT2D eigenvalue weighted by Gasteiger charge is 2.24. The summed E-state index contributed by atoms with van der Waals surface area (Å²) in [6.45, 7) is 2.28. The molecule has 0 atom stereocenters. The van der Waals surface area contributed by atoms with Crippen LogP contribution < -0.4 is 9.46 Å². The Balaban J connectivity index is 1.61. The molecule has 0 aromatic heterocycles. The van der Waals surface area contributed by atoms with Gasteiger partial charge in [0.05, 0.1) is 18.4 Å².